The van der Waals surface area contributed by atoms with Gasteiger partial charge in [-0.05, 0) is 25.8 Å². The van der Waals surface area contributed by atoms with Crippen LogP contribution in [0.1, 0.15) is 26.2 Å². The molecule has 0 unspecified atom stereocenters. The summed E-state index contributed by atoms with van der Waals surface area (Å²) in [5, 5.41) is 14.3. The van der Waals surface area contributed by atoms with E-state index in [4.69, 9.17) is 5.11 Å². The zero-order chi connectivity index (χ0) is 8.97. The number of carbonyl (C=O) groups is 1. The highest BCUT2D eigenvalue weighted by molar-refractivity contribution is 5.64. The molecule has 0 bridgehead atoms. The second-order valence-corrected chi connectivity index (χ2v) is 3.21. The minimum absolute atomic E-state index is 0.159. The lowest BCUT2D eigenvalue weighted by Gasteiger charge is -2.11. The lowest BCUT2D eigenvalue weighted by atomic mass is 10.2. The molecular weight excluding hydrogens is 156 g/mol. The van der Waals surface area contributed by atoms with Gasteiger partial charge in [-0.2, -0.15) is 0 Å². The van der Waals surface area contributed by atoms with Crippen molar-refractivity contribution in [1.82, 2.24) is 10.6 Å². The Labute approximate surface area is 72.3 Å². The van der Waals surface area contributed by atoms with Gasteiger partial charge in [-0.3, -0.25) is 0 Å². The molecule has 0 aromatic rings. The van der Waals surface area contributed by atoms with Gasteiger partial charge in [0.1, 0.15) is 0 Å². The van der Waals surface area contributed by atoms with E-state index >= 15 is 0 Å². The number of hydrogen-bond acceptors (Lipinski definition) is 2. The molecule has 0 aromatic heterocycles. The van der Waals surface area contributed by atoms with Gasteiger partial charge in [-0.25, -0.2) is 4.79 Å². The third kappa shape index (κ3) is 2.70. The van der Waals surface area contributed by atoms with Gasteiger partial charge < -0.3 is 15.7 Å². The van der Waals surface area contributed by atoms with E-state index in [1.54, 1.807) is 0 Å². The summed E-state index contributed by atoms with van der Waals surface area (Å²) in [6, 6.07) is 0.665. The molecule has 0 heterocycles. The summed E-state index contributed by atoms with van der Waals surface area (Å²) in [6.45, 7) is 3.03. The molecule has 1 amide bonds. The molecule has 0 radical (unpaired) electrons. The summed E-state index contributed by atoms with van der Waals surface area (Å²) in [7, 11) is 0. The van der Waals surface area contributed by atoms with Crippen LogP contribution in [0.15, 0.2) is 0 Å². The molecule has 0 saturated heterocycles. The molecule has 1 fully saturated rings. The summed E-state index contributed by atoms with van der Waals surface area (Å²) in [5.74, 6) is 0. The maximum atomic E-state index is 10.3. The Hall–Kier alpha value is -0.770. The zero-order valence-corrected chi connectivity index (χ0v) is 7.34. The SMILES string of the molecule is CCN[C@@H]1CC[C@H](NC(=O)O)C1. The predicted octanol–water partition coefficient (Wildman–Crippen LogP) is 0.785. The lowest BCUT2D eigenvalue weighted by Crippen LogP contribution is -2.34. The summed E-state index contributed by atoms with van der Waals surface area (Å²) in [4.78, 5) is 10.3. The Morgan fingerprint density at radius 3 is 2.75 bits per heavy atom. The van der Waals surface area contributed by atoms with Crippen molar-refractivity contribution in [2.45, 2.75) is 38.3 Å². The molecule has 12 heavy (non-hydrogen) atoms. The molecule has 4 nitrogen and oxygen atoms in total. The fraction of sp³-hybridized carbons (Fsp3) is 0.875. The smallest absolute Gasteiger partial charge is 0.404 e. The van der Waals surface area contributed by atoms with Gasteiger partial charge in [0.15, 0.2) is 0 Å². The van der Waals surface area contributed by atoms with Crippen molar-refractivity contribution >= 4 is 6.09 Å². The van der Waals surface area contributed by atoms with Crippen molar-refractivity contribution in [3.8, 4) is 0 Å². The van der Waals surface area contributed by atoms with Crippen LogP contribution >= 0.6 is 0 Å². The Kier molecular flexibility index (Phi) is 3.34. The van der Waals surface area contributed by atoms with Gasteiger partial charge in [0.25, 0.3) is 0 Å². The average Bonchev–Trinajstić information content (AvgIpc) is 2.36. The van der Waals surface area contributed by atoms with E-state index in [2.05, 4.69) is 17.6 Å². The lowest BCUT2D eigenvalue weighted by molar-refractivity contribution is 0.190. The molecule has 1 rings (SSSR count). The van der Waals surface area contributed by atoms with Crippen LogP contribution in [-0.4, -0.2) is 29.8 Å². The predicted molar refractivity (Wildman–Crippen MR) is 46.3 cm³/mol. The van der Waals surface area contributed by atoms with Crippen LogP contribution in [0, 0.1) is 0 Å². The molecule has 1 aliphatic carbocycles. The van der Waals surface area contributed by atoms with Gasteiger partial charge in [0.05, 0.1) is 0 Å². The molecular formula is C8H16N2O2. The van der Waals surface area contributed by atoms with E-state index in [-0.39, 0.29) is 6.04 Å². The van der Waals surface area contributed by atoms with E-state index < -0.39 is 6.09 Å². The van der Waals surface area contributed by atoms with Crippen LogP contribution in [0.2, 0.25) is 0 Å². The fourth-order valence-electron chi connectivity index (χ4n) is 1.76. The van der Waals surface area contributed by atoms with E-state index in [1.165, 1.54) is 0 Å². The van der Waals surface area contributed by atoms with Crippen molar-refractivity contribution in [3.63, 3.8) is 0 Å². The summed E-state index contributed by atoms with van der Waals surface area (Å²) in [5.41, 5.74) is 0. The van der Waals surface area contributed by atoms with Crippen LogP contribution < -0.4 is 10.6 Å². The second-order valence-electron chi connectivity index (χ2n) is 3.21. The molecule has 0 aliphatic heterocycles. The number of amides is 1. The summed E-state index contributed by atoms with van der Waals surface area (Å²) in [6.07, 6.45) is 2.07. The highest BCUT2D eigenvalue weighted by atomic mass is 16.4. The van der Waals surface area contributed by atoms with Crippen LogP contribution in [0.3, 0.4) is 0 Å². The van der Waals surface area contributed by atoms with Crippen molar-refractivity contribution in [3.05, 3.63) is 0 Å². The quantitative estimate of drug-likeness (QED) is 0.589. The van der Waals surface area contributed by atoms with Crippen molar-refractivity contribution in [1.29, 1.82) is 0 Å². The first-order chi connectivity index (χ1) is 5.72. The highest BCUT2D eigenvalue weighted by Gasteiger charge is 2.24. The van der Waals surface area contributed by atoms with Crippen LogP contribution in [0.25, 0.3) is 0 Å². The van der Waals surface area contributed by atoms with Gasteiger partial charge >= 0.3 is 6.09 Å². The van der Waals surface area contributed by atoms with Gasteiger partial charge in [0.2, 0.25) is 0 Å². The largest absolute Gasteiger partial charge is 0.465 e. The van der Waals surface area contributed by atoms with Crippen LogP contribution in [-0.2, 0) is 0 Å². The monoisotopic (exact) mass is 172 g/mol. The maximum Gasteiger partial charge on any atom is 0.404 e. The van der Waals surface area contributed by atoms with Crippen LogP contribution in [0.4, 0.5) is 4.79 Å². The van der Waals surface area contributed by atoms with E-state index in [9.17, 15) is 4.79 Å². The third-order valence-corrected chi connectivity index (χ3v) is 2.25. The third-order valence-electron chi connectivity index (χ3n) is 2.25. The number of nitrogens with one attached hydrogen (secondary N) is 2. The fourth-order valence-corrected chi connectivity index (χ4v) is 1.76. The molecule has 3 N–H and O–H groups in total. The van der Waals surface area contributed by atoms with Crippen molar-refractivity contribution < 1.29 is 9.90 Å². The molecule has 0 spiro atoms. The van der Waals surface area contributed by atoms with Gasteiger partial charge in [-0.1, -0.05) is 6.92 Å². The minimum atomic E-state index is -0.905. The first kappa shape index (κ1) is 9.32. The Morgan fingerprint density at radius 2 is 2.17 bits per heavy atom. The zero-order valence-electron chi connectivity index (χ0n) is 7.34. The van der Waals surface area contributed by atoms with E-state index in [1.807, 2.05) is 0 Å². The van der Waals surface area contributed by atoms with Gasteiger partial charge in [0, 0.05) is 12.1 Å². The molecule has 2 atom stereocenters. The molecule has 1 saturated carbocycles. The van der Waals surface area contributed by atoms with E-state index in [0.29, 0.717) is 6.04 Å². The Balaban J connectivity index is 2.21. The van der Waals surface area contributed by atoms with Gasteiger partial charge in [-0.15, -0.1) is 0 Å². The van der Waals surface area contributed by atoms with E-state index in [0.717, 1.165) is 25.8 Å². The Morgan fingerprint density at radius 1 is 1.50 bits per heavy atom. The number of carboxylic acid groups (broad SMARTS) is 1. The Bertz CT molecular complexity index is 161. The standard InChI is InChI=1S/C8H16N2O2/c1-2-9-6-3-4-7(5-6)10-8(11)12/h6-7,9-10H,2-5H2,1H3,(H,11,12)/t6-,7+/m1/s1. The second kappa shape index (κ2) is 4.30. The first-order valence-corrected chi connectivity index (χ1v) is 4.45. The van der Waals surface area contributed by atoms with Crippen molar-refractivity contribution in [2.24, 2.45) is 0 Å². The maximum absolute atomic E-state index is 10.3. The summed E-state index contributed by atoms with van der Waals surface area (Å²) >= 11 is 0. The normalized spacial score (nSPS) is 28.8. The minimum Gasteiger partial charge on any atom is -0.465 e. The topological polar surface area (TPSA) is 61.4 Å². The highest BCUT2D eigenvalue weighted by Crippen LogP contribution is 2.18. The summed E-state index contributed by atoms with van der Waals surface area (Å²) < 4.78 is 0. The molecule has 0 aromatic carbocycles. The van der Waals surface area contributed by atoms with Crippen LogP contribution in [0.5, 0.6) is 0 Å². The molecule has 70 valence electrons. The first-order valence-electron chi connectivity index (χ1n) is 4.45. The molecule has 4 heteroatoms. The molecule has 1 aliphatic rings. The van der Waals surface area contributed by atoms with Crippen molar-refractivity contribution in [2.75, 3.05) is 6.54 Å². The number of rotatable bonds is 3. The number of hydrogen-bond donors (Lipinski definition) is 3. The average molecular weight is 172 g/mol.